The summed E-state index contributed by atoms with van der Waals surface area (Å²) < 4.78 is 80.6. The van der Waals surface area contributed by atoms with Gasteiger partial charge >= 0.3 is 24.0 Å². The van der Waals surface area contributed by atoms with Gasteiger partial charge in [-0.05, 0) is 22.5 Å². The Kier molecular flexibility index (Phi) is 7.32. The Morgan fingerprint density at radius 2 is 1.44 bits per heavy atom. The van der Waals surface area contributed by atoms with Gasteiger partial charge in [0.2, 0.25) is 0 Å². The van der Waals surface area contributed by atoms with Crippen LogP contribution in [0.25, 0.3) is 0 Å². The Morgan fingerprint density at radius 3 is 1.61 bits per heavy atom. The van der Waals surface area contributed by atoms with Crippen molar-refractivity contribution in [2.75, 3.05) is 0 Å². The molecule has 0 saturated carbocycles. The number of halogens is 8. The molecule has 2 N–H and O–H groups in total. The largest absolute Gasteiger partial charge is 0.454 e. The number of alkyl halides is 6. The van der Waals surface area contributed by atoms with Crippen LogP contribution in [0.4, 0.5) is 26.3 Å². The molecule has 0 saturated heterocycles. The second kappa shape index (κ2) is 6.47. The highest BCUT2D eigenvalue weighted by Gasteiger charge is 2.70. The summed E-state index contributed by atoms with van der Waals surface area (Å²) in [6.45, 7) is 2.72. The van der Waals surface area contributed by atoms with Gasteiger partial charge in [-0.3, -0.25) is 4.57 Å². The zero-order valence-corrected chi connectivity index (χ0v) is 10.7. The van der Waals surface area contributed by atoms with Crippen molar-refractivity contribution < 1.29 is 40.9 Å². The van der Waals surface area contributed by atoms with Crippen LogP contribution in [0.2, 0.25) is 0 Å². The van der Waals surface area contributed by atoms with Crippen LogP contribution in [0, 0.1) is 0 Å². The van der Waals surface area contributed by atoms with Crippen LogP contribution in [0.1, 0.15) is 6.42 Å². The highest BCUT2D eigenvalue weighted by molar-refractivity contribution is 8.04. The smallest absolute Gasteiger partial charge is 0.350 e. The molecule has 0 aromatic carbocycles. The van der Waals surface area contributed by atoms with Gasteiger partial charge in [-0.1, -0.05) is 6.08 Å². The van der Waals surface area contributed by atoms with E-state index in [4.69, 9.17) is 10.00 Å². The molecule has 0 aliphatic carbocycles. The molecule has 0 bridgehead atoms. The van der Waals surface area contributed by atoms with Crippen molar-refractivity contribution in [1.29, 1.82) is 0 Å². The zero-order valence-electron chi connectivity index (χ0n) is 8.27. The van der Waals surface area contributed by atoms with Gasteiger partial charge in [-0.15, -0.1) is 6.58 Å². The molecule has 0 rings (SSSR count). The predicted octanol–water partition coefficient (Wildman–Crippen LogP) is 3.98. The van der Waals surface area contributed by atoms with Crippen molar-refractivity contribution >= 4 is 28.6 Å². The third-order valence-corrected chi connectivity index (χ3v) is 1.26. The summed E-state index contributed by atoms with van der Waals surface area (Å²) in [5, 5.41) is 7.92. The van der Waals surface area contributed by atoms with E-state index >= 15 is 0 Å². The third kappa shape index (κ3) is 7.48. The van der Waals surface area contributed by atoms with Gasteiger partial charge < -0.3 is 10.00 Å². The second-order valence-electron chi connectivity index (χ2n) is 2.75. The monoisotopic (exact) mass is 342 g/mol. The first-order chi connectivity index (χ1) is 7.56. The molecule has 3 nitrogen and oxygen atoms in total. The maximum Gasteiger partial charge on any atom is 0.454 e. The quantitative estimate of drug-likeness (QED) is 0.463. The molecule has 0 amide bonds. The lowest BCUT2D eigenvalue weighted by Crippen LogP contribution is -2.55. The standard InChI is InChI=1S/C6H6F6O.Cl2HO2P/c1-2-3-4(7,8)5(9,13)6(10,11)12;1-5(2,3)4/h2,13H,1,3H2;(H,3,4). The number of rotatable bonds is 3. The van der Waals surface area contributed by atoms with Crippen LogP contribution in [-0.2, 0) is 4.57 Å². The molecule has 110 valence electrons. The average molecular weight is 343 g/mol. The molecule has 0 aromatic heterocycles. The summed E-state index contributed by atoms with van der Waals surface area (Å²) in [5.74, 6) is -10.4. The van der Waals surface area contributed by atoms with Crippen molar-refractivity contribution in [3.05, 3.63) is 12.7 Å². The van der Waals surface area contributed by atoms with Gasteiger partial charge in [0.05, 0.1) is 0 Å². The molecule has 18 heavy (non-hydrogen) atoms. The first kappa shape index (κ1) is 20.4. The first-order valence-electron chi connectivity index (χ1n) is 3.75. The van der Waals surface area contributed by atoms with Crippen LogP contribution in [0.3, 0.4) is 0 Å². The maximum atomic E-state index is 12.3. The van der Waals surface area contributed by atoms with E-state index in [9.17, 15) is 30.9 Å². The van der Waals surface area contributed by atoms with E-state index in [0.717, 1.165) is 0 Å². The zero-order chi connectivity index (χ0) is 15.4. The fourth-order valence-electron chi connectivity index (χ4n) is 0.524. The normalized spacial score (nSPS) is 16.3. The van der Waals surface area contributed by atoms with E-state index < -0.39 is 30.4 Å². The molecule has 0 heterocycles. The van der Waals surface area contributed by atoms with Crippen LogP contribution >= 0.6 is 28.6 Å². The SMILES string of the molecule is C=CCC(F)(F)C(O)(F)C(F)(F)F.O=P(O)(Cl)Cl. The fraction of sp³-hybridized carbons (Fsp3) is 0.667. The van der Waals surface area contributed by atoms with E-state index in [0.29, 0.717) is 6.08 Å². The number of hydrogen-bond acceptors (Lipinski definition) is 2. The molecule has 0 aromatic rings. The Labute approximate surface area is 107 Å². The van der Waals surface area contributed by atoms with E-state index in [1.807, 2.05) is 0 Å². The fourth-order valence-corrected chi connectivity index (χ4v) is 0.524. The van der Waals surface area contributed by atoms with Crippen molar-refractivity contribution in [3.63, 3.8) is 0 Å². The third-order valence-electron chi connectivity index (χ3n) is 1.26. The predicted molar refractivity (Wildman–Crippen MR) is 53.4 cm³/mol. The summed E-state index contributed by atoms with van der Waals surface area (Å²) >= 11 is 8.81. The topological polar surface area (TPSA) is 57.5 Å². The minimum atomic E-state index is -6.03. The van der Waals surface area contributed by atoms with Crippen LogP contribution in [-0.4, -0.2) is 28.0 Å². The molecule has 0 fully saturated rings. The van der Waals surface area contributed by atoms with Crippen molar-refractivity contribution in [2.24, 2.45) is 0 Å². The van der Waals surface area contributed by atoms with Crippen LogP contribution < -0.4 is 0 Å². The Hall–Kier alpha value is 0.0500. The minimum absolute atomic E-state index is 0.385. The lowest BCUT2D eigenvalue weighted by molar-refractivity contribution is -0.384. The molecular weight excluding hydrogens is 336 g/mol. The van der Waals surface area contributed by atoms with Crippen molar-refractivity contribution in [2.45, 2.75) is 24.4 Å². The van der Waals surface area contributed by atoms with Crippen LogP contribution in [0.15, 0.2) is 12.7 Å². The highest BCUT2D eigenvalue weighted by atomic mass is 35.9. The molecule has 0 spiro atoms. The van der Waals surface area contributed by atoms with E-state index in [1.54, 1.807) is 0 Å². The van der Waals surface area contributed by atoms with E-state index in [1.165, 1.54) is 0 Å². The van der Waals surface area contributed by atoms with Crippen molar-refractivity contribution in [1.82, 2.24) is 0 Å². The van der Waals surface area contributed by atoms with Gasteiger partial charge in [0.1, 0.15) is 0 Å². The second-order valence-corrected chi connectivity index (χ2v) is 6.89. The Balaban J connectivity index is 0. The number of hydrogen-bond donors (Lipinski definition) is 2. The van der Waals surface area contributed by atoms with Gasteiger partial charge in [-0.2, -0.15) is 26.3 Å². The molecule has 0 aliphatic rings. The summed E-state index contributed by atoms with van der Waals surface area (Å²) in [4.78, 5) is 7.61. The highest BCUT2D eigenvalue weighted by Crippen LogP contribution is 2.51. The number of aliphatic hydroxyl groups is 1. The molecular formula is C6H7Cl2F6O3P. The molecule has 1 unspecified atom stereocenters. The Bertz CT molecular complexity index is 318. The van der Waals surface area contributed by atoms with Crippen LogP contribution in [0.5, 0.6) is 0 Å². The lowest BCUT2D eigenvalue weighted by Gasteiger charge is -2.29. The average Bonchev–Trinajstić information content (AvgIpc) is 1.97. The minimum Gasteiger partial charge on any atom is -0.350 e. The summed E-state index contributed by atoms with van der Waals surface area (Å²) in [5.41, 5.74) is 0. The summed E-state index contributed by atoms with van der Waals surface area (Å²) in [6, 6.07) is 0. The molecule has 12 heteroatoms. The van der Waals surface area contributed by atoms with Gasteiger partial charge in [0.15, 0.2) is 0 Å². The first-order valence-corrected chi connectivity index (χ1v) is 7.22. The van der Waals surface area contributed by atoms with Gasteiger partial charge in [0, 0.05) is 6.42 Å². The van der Waals surface area contributed by atoms with E-state index in [2.05, 4.69) is 29.1 Å². The summed E-state index contributed by atoms with van der Waals surface area (Å²) in [7, 11) is 0. The summed E-state index contributed by atoms with van der Waals surface area (Å²) in [6.07, 6.45) is -10.9. The van der Waals surface area contributed by atoms with Gasteiger partial charge in [0.25, 0.3) is 0 Å². The maximum absolute atomic E-state index is 12.3. The Morgan fingerprint density at radius 1 is 1.17 bits per heavy atom. The van der Waals surface area contributed by atoms with E-state index in [-0.39, 0.29) is 0 Å². The number of allylic oxidation sites excluding steroid dienone is 1. The van der Waals surface area contributed by atoms with Crippen molar-refractivity contribution in [3.8, 4) is 0 Å². The molecule has 0 aliphatic heterocycles. The lowest BCUT2D eigenvalue weighted by atomic mass is 10.1. The molecule has 0 radical (unpaired) electrons. The molecule has 1 atom stereocenters. The van der Waals surface area contributed by atoms with Gasteiger partial charge in [-0.25, -0.2) is 0 Å².